The molecular formula is C29H26ClF3N4O. The lowest BCUT2D eigenvalue weighted by atomic mass is 10.0. The molecule has 1 saturated heterocycles. The summed E-state index contributed by atoms with van der Waals surface area (Å²) in [4.78, 5) is 14.8. The molecule has 1 fully saturated rings. The second kappa shape index (κ2) is 10.3. The Kier molecular flexibility index (Phi) is 7.03. The second-order valence-corrected chi connectivity index (χ2v) is 10.2. The third kappa shape index (κ3) is 5.61. The van der Waals surface area contributed by atoms with Crippen molar-refractivity contribution in [3.05, 3.63) is 88.1 Å². The number of alkyl halides is 3. The van der Waals surface area contributed by atoms with Crippen LogP contribution < -0.4 is 5.32 Å². The number of carbonyl (C=O) groups excluding carboxylic acids is 1. The molecule has 3 aromatic carbocycles. The molecule has 2 N–H and O–H groups in total. The summed E-state index contributed by atoms with van der Waals surface area (Å²) in [6, 6.07) is 16.8. The zero-order chi connectivity index (χ0) is 27.0. The Bertz CT molecular complexity index is 1500. The van der Waals surface area contributed by atoms with Gasteiger partial charge in [-0.2, -0.15) is 18.3 Å². The van der Waals surface area contributed by atoms with Gasteiger partial charge in [-0.1, -0.05) is 35.9 Å². The maximum Gasteiger partial charge on any atom is 0.416 e. The van der Waals surface area contributed by atoms with Gasteiger partial charge in [0.25, 0.3) is 5.91 Å². The van der Waals surface area contributed by atoms with Crippen LogP contribution in [0, 0.1) is 0 Å². The molecule has 1 amide bonds. The van der Waals surface area contributed by atoms with Crippen molar-refractivity contribution in [2.75, 3.05) is 13.1 Å². The van der Waals surface area contributed by atoms with Crippen molar-refractivity contribution in [2.45, 2.75) is 32.1 Å². The molecule has 0 bridgehead atoms. The number of nitrogens with one attached hydrogen (secondary N) is 2. The SMILES string of the molecule is C[C@@H]1CN(C(=O)c2ccc(/C=C/c3n[nH]c4cc(-c5cc(Cl)cc(C(F)(F)F)c5)ccc34)cc2)C[C@H](C)N1. The van der Waals surface area contributed by atoms with Gasteiger partial charge in [-0.3, -0.25) is 9.89 Å². The third-order valence-electron chi connectivity index (χ3n) is 6.59. The molecule has 0 saturated carbocycles. The Hall–Kier alpha value is -3.62. The number of rotatable bonds is 4. The van der Waals surface area contributed by atoms with E-state index in [1.54, 1.807) is 12.1 Å². The first-order chi connectivity index (χ1) is 18.1. The molecule has 0 unspecified atom stereocenters. The average Bonchev–Trinajstić information content (AvgIpc) is 3.28. The Labute approximate surface area is 223 Å². The number of benzene rings is 3. The van der Waals surface area contributed by atoms with Crippen molar-refractivity contribution in [1.29, 1.82) is 0 Å². The fourth-order valence-corrected chi connectivity index (χ4v) is 5.09. The number of H-pyrrole nitrogens is 1. The third-order valence-corrected chi connectivity index (χ3v) is 6.81. The van der Waals surface area contributed by atoms with Crippen molar-refractivity contribution in [3.63, 3.8) is 0 Å². The Morgan fingerprint density at radius 3 is 2.37 bits per heavy atom. The van der Waals surface area contributed by atoms with E-state index in [4.69, 9.17) is 11.6 Å². The molecule has 38 heavy (non-hydrogen) atoms. The minimum absolute atomic E-state index is 0.0212. The number of amides is 1. The number of aromatic amines is 1. The van der Waals surface area contributed by atoms with Gasteiger partial charge in [-0.05, 0) is 79.1 Å². The number of hydrogen-bond acceptors (Lipinski definition) is 3. The molecule has 0 spiro atoms. The highest BCUT2D eigenvalue weighted by Crippen LogP contribution is 2.35. The van der Waals surface area contributed by atoms with E-state index in [9.17, 15) is 18.0 Å². The highest BCUT2D eigenvalue weighted by atomic mass is 35.5. The fraction of sp³-hybridized carbons (Fsp3) is 0.241. The summed E-state index contributed by atoms with van der Waals surface area (Å²) in [5, 5.41) is 11.6. The number of piperazine rings is 1. The molecule has 196 valence electrons. The van der Waals surface area contributed by atoms with E-state index in [0.29, 0.717) is 41.0 Å². The molecule has 1 aromatic heterocycles. The number of fused-ring (bicyclic) bond motifs is 1. The summed E-state index contributed by atoms with van der Waals surface area (Å²) in [7, 11) is 0. The van der Waals surface area contributed by atoms with Crippen molar-refractivity contribution >= 4 is 40.6 Å². The first kappa shape index (κ1) is 26.0. The molecule has 0 aliphatic carbocycles. The summed E-state index contributed by atoms with van der Waals surface area (Å²) in [6.45, 7) is 5.51. The van der Waals surface area contributed by atoms with Gasteiger partial charge in [0.2, 0.25) is 0 Å². The highest BCUT2D eigenvalue weighted by Gasteiger charge is 2.31. The van der Waals surface area contributed by atoms with Crippen LogP contribution in [0.15, 0.2) is 60.7 Å². The molecule has 2 atom stereocenters. The van der Waals surface area contributed by atoms with Crippen molar-refractivity contribution in [2.24, 2.45) is 0 Å². The summed E-state index contributed by atoms with van der Waals surface area (Å²) in [5.74, 6) is 0.0249. The normalized spacial score (nSPS) is 18.4. The Morgan fingerprint density at radius 1 is 0.974 bits per heavy atom. The van der Waals surface area contributed by atoms with E-state index < -0.39 is 11.7 Å². The quantitative estimate of drug-likeness (QED) is 0.297. The lowest BCUT2D eigenvalue weighted by Crippen LogP contribution is -2.55. The van der Waals surface area contributed by atoms with Crippen LogP contribution in [0.1, 0.15) is 41.0 Å². The van der Waals surface area contributed by atoms with Gasteiger partial charge in [0, 0.05) is 41.1 Å². The molecule has 1 aliphatic rings. The number of nitrogens with zero attached hydrogens (tertiary/aromatic N) is 2. The lowest BCUT2D eigenvalue weighted by Gasteiger charge is -2.36. The predicted molar refractivity (Wildman–Crippen MR) is 145 cm³/mol. The summed E-state index contributed by atoms with van der Waals surface area (Å²) >= 11 is 5.95. The van der Waals surface area contributed by atoms with Gasteiger partial charge in [-0.25, -0.2) is 0 Å². The predicted octanol–water partition coefficient (Wildman–Crippen LogP) is 6.89. The van der Waals surface area contributed by atoms with Crippen LogP contribution in [-0.4, -0.2) is 46.2 Å². The van der Waals surface area contributed by atoms with Crippen LogP contribution in [0.4, 0.5) is 13.2 Å². The van der Waals surface area contributed by atoms with Gasteiger partial charge in [0.1, 0.15) is 0 Å². The van der Waals surface area contributed by atoms with Crippen LogP contribution in [0.25, 0.3) is 34.2 Å². The monoisotopic (exact) mass is 538 g/mol. The number of halogens is 4. The molecule has 0 radical (unpaired) electrons. The van der Waals surface area contributed by atoms with E-state index in [1.165, 1.54) is 6.07 Å². The van der Waals surface area contributed by atoms with Crippen molar-refractivity contribution < 1.29 is 18.0 Å². The molecule has 2 heterocycles. The van der Waals surface area contributed by atoms with E-state index in [-0.39, 0.29) is 23.0 Å². The number of carbonyl (C=O) groups is 1. The fourth-order valence-electron chi connectivity index (χ4n) is 4.85. The van der Waals surface area contributed by atoms with Gasteiger partial charge in [0.15, 0.2) is 0 Å². The smallest absolute Gasteiger partial charge is 0.336 e. The van der Waals surface area contributed by atoms with Gasteiger partial charge < -0.3 is 10.2 Å². The largest absolute Gasteiger partial charge is 0.416 e. The van der Waals surface area contributed by atoms with Crippen LogP contribution in [-0.2, 0) is 6.18 Å². The zero-order valence-corrected chi connectivity index (χ0v) is 21.6. The van der Waals surface area contributed by atoms with Crippen LogP contribution in [0.3, 0.4) is 0 Å². The topological polar surface area (TPSA) is 61.0 Å². The van der Waals surface area contributed by atoms with Crippen molar-refractivity contribution in [1.82, 2.24) is 20.4 Å². The van der Waals surface area contributed by atoms with Gasteiger partial charge >= 0.3 is 6.18 Å². The maximum atomic E-state index is 13.2. The standard InChI is InChI=1S/C29H26ClF3N4O/c1-17-15-37(16-18(2)34-17)28(38)20-6-3-19(4-7-20)5-10-26-25-9-8-21(13-27(25)36-35-26)22-11-23(29(31,32)33)14-24(30)12-22/h3-14,17-18,34H,15-16H2,1-2H3,(H,35,36)/b10-5+/t17-,18+. The number of hydrogen-bond donors (Lipinski definition) is 2. The molecule has 9 heteroatoms. The zero-order valence-electron chi connectivity index (χ0n) is 20.8. The van der Waals surface area contributed by atoms with E-state index >= 15 is 0 Å². The Balaban J connectivity index is 1.33. The van der Waals surface area contributed by atoms with E-state index in [1.807, 2.05) is 47.4 Å². The second-order valence-electron chi connectivity index (χ2n) is 9.73. The highest BCUT2D eigenvalue weighted by molar-refractivity contribution is 6.31. The van der Waals surface area contributed by atoms with Crippen molar-refractivity contribution in [3.8, 4) is 11.1 Å². The lowest BCUT2D eigenvalue weighted by molar-refractivity contribution is -0.137. The van der Waals surface area contributed by atoms with Gasteiger partial charge in [0.05, 0.1) is 16.8 Å². The summed E-state index contributed by atoms with van der Waals surface area (Å²) in [5.41, 5.74) is 3.12. The minimum atomic E-state index is -4.48. The molecule has 5 rings (SSSR count). The molecule has 5 nitrogen and oxygen atoms in total. The van der Waals surface area contributed by atoms with Crippen LogP contribution in [0.2, 0.25) is 5.02 Å². The summed E-state index contributed by atoms with van der Waals surface area (Å²) < 4.78 is 39.6. The first-order valence-electron chi connectivity index (χ1n) is 12.3. The number of aromatic nitrogens is 2. The summed E-state index contributed by atoms with van der Waals surface area (Å²) in [6.07, 6.45) is -0.723. The Morgan fingerprint density at radius 2 is 1.68 bits per heavy atom. The molecule has 4 aromatic rings. The minimum Gasteiger partial charge on any atom is -0.336 e. The molecule has 1 aliphatic heterocycles. The average molecular weight is 539 g/mol. The maximum absolute atomic E-state index is 13.2. The van der Waals surface area contributed by atoms with Crippen LogP contribution >= 0.6 is 11.6 Å². The van der Waals surface area contributed by atoms with E-state index in [0.717, 1.165) is 23.1 Å². The van der Waals surface area contributed by atoms with Crippen LogP contribution in [0.5, 0.6) is 0 Å². The van der Waals surface area contributed by atoms with E-state index in [2.05, 4.69) is 29.4 Å². The molecular weight excluding hydrogens is 513 g/mol. The van der Waals surface area contributed by atoms with Gasteiger partial charge in [-0.15, -0.1) is 0 Å². The first-order valence-corrected chi connectivity index (χ1v) is 12.6.